The van der Waals surface area contributed by atoms with Crippen molar-refractivity contribution in [3.05, 3.63) is 53.9 Å². The predicted octanol–water partition coefficient (Wildman–Crippen LogP) is 1.38. The molecule has 3 aliphatic rings. The normalized spacial score (nSPS) is 23.6. The van der Waals surface area contributed by atoms with Gasteiger partial charge in [0.25, 0.3) is 0 Å². The van der Waals surface area contributed by atoms with E-state index in [9.17, 15) is 4.79 Å². The maximum absolute atomic E-state index is 13.8. The minimum atomic E-state index is -0.424. The van der Waals surface area contributed by atoms with Gasteiger partial charge in [-0.3, -0.25) is 9.69 Å². The molecule has 158 valence electrons. The number of carbonyl (C=O) groups excluding carboxylic acids is 1. The van der Waals surface area contributed by atoms with E-state index in [1.165, 1.54) is 5.56 Å². The summed E-state index contributed by atoms with van der Waals surface area (Å²) >= 11 is 0. The van der Waals surface area contributed by atoms with Crippen molar-refractivity contribution in [2.75, 3.05) is 57.4 Å². The lowest BCUT2D eigenvalue weighted by Crippen LogP contribution is -2.68. The molecule has 0 N–H and O–H groups in total. The maximum atomic E-state index is 13.8. The van der Waals surface area contributed by atoms with Crippen LogP contribution < -0.4 is 4.90 Å². The van der Waals surface area contributed by atoms with Gasteiger partial charge < -0.3 is 14.5 Å². The largest absolute Gasteiger partial charge is 0.378 e. The number of hydrogen-bond donors (Lipinski definition) is 0. The van der Waals surface area contributed by atoms with Crippen molar-refractivity contribution >= 4 is 11.9 Å². The first-order chi connectivity index (χ1) is 14.6. The fourth-order valence-electron chi connectivity index (χ4n) is 4.99. The molecule has 5 rings (SSSR count). The van der Waals surface area contributed by atoms with E-state index < -0.39 is 5.41 Å². The Balaban J connectivity index is 1.36. The standard InChI is InChI=1S/C23H29N5O2/c1-18-7-8-24-22(25-18)28-16-23(17-28,13-19-5-3-2-4-6-19)21(29)27-10-9-26-11-12-30-15-20(26)14-27/h2-8,20H,9-17H2,1H3. The molecule has 0 bridgehead atoms. The second-order valence-electron chi connectivity index (χ2n) is 8.81. The third kappa shape index (κ3) is 3.68. The van der Waals surface area contributed by atoms with Crippen LogP contribution >= 0.6 is 0 Å². The zero-order chi connectivity index (χ0) is 20.6. The van der Waals surface area contributed by atoms with Gasteiger partial charge >= 0.3 is 0 Å². The van der Waals surface area contributed by atoms with Crippen molar-refractivity contribution in [2.24, 2.45) is 5.41 Å². The molecule has 3 saturated heterocycles. The SMILES string of the molecule is Cc1ccnc(N2CC(Cc3ccccc3)(C(=O)N3CCN4CCOCC4C3)C2)n1. The first kappa shape index (κ1) is 19.5. The van der Waals surface area contributed by atoms with Gasteiger partial charge in [0.15, 0.2) is 0 Å². The molecule has 2 aromatic rings. The number of anilines is 1. The number of carbonyl (C=O) groups is 1. The zero-order valence-corrected chi connectivity index (χ0v) is 17.5. The minimum absolute atomic E-state index is 0.264. The molecule has 30 heavy (non-hydrogen) atoms. The summed E-state index contributed by atoms with van der Waals surface area (Å²) in [6.45, 7) is 8.28. The smallest absolute Gasteiger partial charge is 0.232 e. The van der Waals surface area contributed by atoms with Crippen molar-refractivity contribution in [1.82, 2.24) is 19.8 Å². The van der Waals surface area contributed by atoms with Crippen LogP contribution in [0.25, 0.3) is 0 Å². The number of benzene rings is 1. The molecule has 0 radical (unpaired) electrons. The van der Waals surface area contributed by atoms with E-state index in [1.54, 1.807) is 6.20 Å². The van der Waals surface area contributed by atoms with Crippen molar-refractivity contribution in [1.29, 1.82) is 0 Å². The van der Waals surface area contributed by atoms with E-state index in [0.29, 0.717) is 19.1 Å². The summed E-state index contributed by atoms with van der Waals surface area (Å²) in [5, 5.41) is 0. The van der Waals surface area contributed by atoms with E-state index in [4.69, 9.17) is 4.74 Å². The van der Waals surface area contributed by atoms with Crippen LogP contribution in [0.2, 0.25) is 0 Å². The van der Waals surface area contributed by atoms with Gasteiger partial charge in [0, 0.05) is 51.2 Å². The first-order valence-electron chi connectivity index (χ1n) is 10.8. The molecular weight excluding hydrogens is 378 g/mol. The summed E-state index contributed by atoms with van der Waals surface area (Å²) in [4.78, 5) is 29.5. The van der Waals surface area contributed by atoms with E-state index in [-0.39, 0.29) is 5.91 Å². The lowest BCUT2D eigenvalue weighted by Gasteiger charge is -2.53. The number of nitrogens with zero attached hydrogens (tertiary/aromatic N) is 5. The minimum Gasteiger partial charge on any atom is -0.378 e. The summed E-state index contributed by atoms with van der Waals surface area (Å²) in [7, 11) is 0. The molecule has 1 unspecified atom stereocenters. The second kappa shape index (κ2) is 7.96. The Hall–Kier alpha value is -2.51. The van der Waals surface area contributed by atoms with Gasteiger partial charge in [-0.1, -0.05) is 30.3 Å². The van der Waals surface area contributed by atoms with Crippen LogP contribution in [0.3, 0.4) is 0 Å². The molecule has 0 spiro atoms. The van der Waals surface area contributed by atoms with Crippen molar-refractivity contribution in [3.63, 3.8) is 0 Å². The van der Waals surface area contributed by atoms with Crippen molar-refractivity contribution < 1.29 is 9.53 Å². The highest BCUT2D eigenvalue weighted by Crippen LogP contribution is 2.38. The number of hydrogen-bond acceptors (Lipinski definition) is 6. The Morgan fingerprint density at radius 3 is 2.80 bits per heavy atom. The number of aromatic nitrogens is 2. The Kier molecular flexibility index (Phi) is 5.16. The van der Waals surface area contributed by atoms with Crippen LogP contribution in [-0.2, 0) is 16.0 Å². The Morgan fingerprint density at radius 2 is 2.00 bits per heavy atom. The molecular formula is C23H29N5O2. The maximum Gasteiger partial charge on any atom is 0.232 e. The summed E-state index contributed by atoms with van der Waals surface area (Å²) in [6, 6.07) is 12.6. The van der Waals surface area contributed by atoms with Gasteiger partial charge in [-0.05, 0) is 25.0 Å². The molecule has 1 aromatic heterocycles. The molecule has 0 aliphatic carbocycles. The zero-order valence-electron chi connectivity index (χ0n) is 17.5. The monoisotopic (exact) mass is 407 g/mol. The van der Waals surface area contributed by atoms with Gasteiger partial charge in [-0.15, -0.1) is 0 Å². The van der Waals surface area contributed by atoms with Gasteiger partial charge in [-0.25, -0.2) is 9.97 Å². The lowest BCUT2D eigenvalue weighted by atomic mass is 9.73. The molecule has 7 nitrogen and oxygen atoms in total. The Labute approximate surface area is 177 Å². The van der Waals surface area contributed by atoms with E-state index in [1.807, 2.05) is 31.2 Å². The predicted molar refractivity (Wildman–Crippen MR) is 114 cm³/mol. The number of morpholine rings is 1. The van der Waals surface area contributed by atoms with Crippen molar-refractivity contribution in [2.45, 2.75) is 19.4 Å². The van der Waals surface area contributed by atoms with E-state index in [0.717, 1.165) is 57.5 Å². The highest BCUT2D eigenvalue weighted by atomic mass is 16.5. The fraction of sp³-hybridized carbons (Fsp3) is 0.522. The number of aryl methyl sites for hydroxylation is 1. The number of amides is 1. The van der Waals surface area contributed by atoms with Crippen LogP contribution in [0.1, 0.15) is 11.3 Å². The summed E-state index contributed by atoms with van der Waals surface area (Å²) < 4.78 is 5.67. The number of piperazine rings is 1. The third-order valence-corrected chi connectivity index (χ3v) is 6.62. The van der Waals surface area contributed by atoms with Crippen LogP contribution in [0, 0.1) is 12.3 Å². The fourth-order valence-corrected chi connectivity index (χ4v) is 4.99. The molecule has 1 aromatic carbocycles. The molecule has 3 fully saturated rings. The molecule has 1 atom stereocenters. The van der Waals surface area contributed by atoms with Gasteiger partial charge in [-0.2, -0.15) is 0 Å². The quantitative estimate of drug-likeness (QED) is 0.763. The summed E-state index contributed by atoms with van der Waals surface area (Å²) in [6.07, 6.45) is 2.54. The molecule has 0 saturated carbocycles. The topological polar surface area (TPSA) is 61.8 Å². The third-order valence-electron chi connectivity index (χ3n) is 6.62. The van der Waals surface area contributed by atoms with E-state index in [2.05, 4.69) is 36.8 Å². The molecule has 4 heterocycles. The van der Waals surface area contributed by atoms with Crippen LogP contribution in [0.4, 0.5) is 5.95 Å². The average Bonchev–Trinajstić information content (AvgIpc) is 2.76. The van der Waals surface area contributed by atoms with E-state index >= 15 is 0 Å². The number of ether oxygens (including phenoxy) is 1. The molecule has 1 amide bonds. The van der Waals surface area contributed by atoms with Crippen molar-refractivity contribution in [3.8, 4) is 0 Å². The highest BCUT2D eigenvalue weighted by Gasteiger charge is 2.52. The van der Waals surface area contributed by atoms with Gasteiger partial charge in [0.2, 0.25) is 11.9 Å². The molecule has 7 heteroatoms. The Morgan fingerprint density at radius 1 is 1.17 bits per heavy atom. The second-order valence-corrected chi connectivity index (χ2v) is 8.81. The number of fused-ring (bicyclic) bond motifs is 1. The van der Waals surface area contributed by atoms with Crippen LogP contribution in [-0.4, -0.2) is 84.2 Å². The average molecular weight is 408 g/mol. The number of rotatable bonds is 4. The van der Waals surface area contributed by atoms with Crippen LogP contribution in [0.15, 0.2) is 42.6 Å². The lowest BCUT2D eigenvalue weighted by molar-refractivity contribution is -0.149. The summed E-state index contributed by atoms with van der Waals surface area (Å²) in [5.41, 5.74) is 1.72. The Bertz CT molecular complexity index is 899. The highest BCUT2D eigenvalue weighted by molar-refractivity contribution is 5.86. The molecule has 3 aliphatic heterocycles. The summed E-state index contributed by atoms with van der Waals surface area (Å²) in [5.74, 6) is 0.984. The van der Waals surface area contributed by atoms with Gasteiger partial charge in [0.1, 0.15) is 0 Å². The first-order valence-corrected chi connectivity index (χ1v) is 10.8. The van der Waals surface area contributed by atoms with Crippen LogP contribution in [0.5, 0.6) is 0 Å². The van der Waals surface area contributed by atoms with Gasteiger partial charge in [0.05, 0.1) is 24.7 Å².